The number of nitrogens with one attached hydrogen (secondary N) is 1. The monoisotopic (exact) mass is 362 g/mol. The molecule has 3 rings (SSSR count). The van der Waals surface area contributed by atoms with Crippen LogP contribution in [0, 0.1) is 5.82 Å². The van der Waals surface area contributed by atoms with E-state index in [1.165, 1.54) is 29.3 Å². The Morgan fingerprint density at radius 1 is 1.36 bits per heavy atom. The van der Waals surface area contributed by atoms with Crippen LogP contribution < -0.4 is 5.32 Å². The van der Waals surface area contributed by atoms with Crippen molar-refractivity contribution in [3.8, 4) is 0 Å². The summed E-state index contributed by atoms with van der Waals surface area (Å²) in [4.78, 5) is 16.5. The van der Waals surface area contributed by atoms with Gasteiger partial charge in [0.2, 0.25) is 5.95 Å². The Morgan fingerprint density at radius 2 is 2.12 bits per heavy atom. The fourth-order valence-corrected chi connectivity index (χ4v) is 2.52. The smallest absolute Gasteiger partial charge is 0.251 e. The number of nitrogens with zero attached hydrogens (tertiary/aromatic N) is 5. The molecule has 0 bridgehead atoms. The van der Waals surface area contributed by atoms with E-state index in [1.54, 1.807) is 23.0 Å². The van der Waals surface area contributed by atoms with Crippen LogP contribution in [0.1, 0.15) is 24.9 Å². The van der Waals surface area contributed by atoms with E-state index in [-0.39, 0.29) is 17.7 Å². The minimum absolute atomic E-state index is 0.198. The largest absolute Gasteiger partial charge is 0.291 e. The molecule has 3 aromatic rings. The number of rotatable bonds is 6. The first-order valence-corrected chi connectivity index (χ1v) is 8.07. The quantitative estimate of drug-likeness (QED) is 0.731. The average molecular weight is 363 g/mol. The minimum atomic E-state index is -0.503. The normalized spacial score (nSPS) is 12.1. The van der Waals surface area contributed by atoms with E-state index in [0.29, 0.717) is 18.0 Å². The fourth-order valence-electron chi connectivity index (χ4n) is 2.38. The Morgan fingerprint density at radius 3 is 2.76 bits per heavy atom. The van der Waals surface area contributed by atoms with E-state index in [9.17, 15) is 9.18 Å². The van der Waals surface area contributed by atoms with Gasteiger partial charge in [-0.3, -0.25) is 14.8 Å². The highest BCUT2D eigenvalue weighted by Gasteiger charge is 2.20. The van der Waals surface area contributed by atoms with Crippen molar-refractivity contribution < 1.29 is 9.18 Å². The summed E-state index contributed by atoms with van der Waals surface area (Å²) >= 11 is 5.85. The molecule has 1 atom stereocenters. The summed E-state index contributed by atoms with van der Waals surface area (Å²) in [6.07, 6.45) is 5.12. The van der Waals surface area contributed by atoms with Crippen molar-refractivity contribution in [1.82, 2.24) is 24.5 Å². The molecular formula is C16H16ClFN6O. The topological polar surface area (TPSA) is 77.6 Å². The van der Waals surface area contributed by atoms with Crippen molar-refractivity contribution >= 4 is 23.5 Å². The van der Waals surface area contributed by atoms with Crippen molar-refractivity contribution in [2.75, 3.05) is 5.32 Å². The van der Waals surface area contributed by atoms with Gasteiger partial charge >= 0.3 is 0 Å². The molecule has 0 radical (unpaired) electrons. The number of halogens is 2. The zero-order chi connectivity index (χ0) is 17.8. The van der Waals surface area contributed by atoms with Gasteiger partial charge in [-0.2, -0.15) is 5.10 Å². The number of aromatic nitrogens is 5. The van der Waals surface area contributed by atoms with Gasteiger partial charge in [0.1, 0.15) is 18.2 Å². The third-order valence-corrected chi connectivity index (χ3v) is 3.80. The molecule has 1 N–H and O–H groups in total. The molecule has 0 saturated heterocycles. The summed E-state index contributed by atoms with van der Waals surface area (Å²) in [5.74, 6) is -0.370. The van der Waals surface area contributed by atoms with Gasteiger partial charge in [0.15, 0.2) is 0 Å². The van der Waals surface area contributed by atoms with Crippen molar-refractivity contribution in [1.29, 1.82) is 0 Å². The number of anilines is 1. The van der Waals surface area contributed by atoms with Crippen LogP contribution in [0.2, 0.25) is 5.02 Å². The second kappa shape index (κ2) is 7.43. The van der Waals surface area contributed by atoms with Crippen LogP contribution in [-0.2, 0) is 11.3 Å². The van der Waals surface area contributed by atoms with Crippen molar-refractivity contribution in [3.05, 3.63) is 59.4 Å². The molecule has 0 saturated carbocycles. The number of carbonyl (C=O) groups excluding carboxylic acids is 1. The van der Waals surface area contributed by atoms with Gasteiger partial charge in [-0.1, -0.05) is 30.7 Å². The summed E-state index contributed by atoms with van der Waals surface area (Å²) in [5, 5.41) is 11.4. The van der Waals surface area contributed by atoms with Gasteiger partial charge in [0, 0.05) is 6.20 Å². The Kier molecular flexibility index (Phi) is 5.08. The third-order valence-electron chi connectivity index (χ3n) is 3.61. The van der Waals surface area contributed by atoms with Crippen molar-refractivity contribution in [2.45, 2.75) is 25.9 Å². The second-order valence-corrected chi connectivity index (χ2v) is 5.88. The number of hydrogen-bond donors (Lipinski definition) is 1. The van der Waals surface area contributed by atoms with Gasteiger partial charge in [-0.05, 0) is 24.1 Å². The maximum Gasteiger partial charge on any atom is 0.251 e. The fraction of sp³-hybridized carbons (Fsp3) is 0.250. The maximum atomic E-state index is 12.9. The molecule has 0 fully saturated rings. The lowest BCUT2D eigenvalue weighted by Gasteiger charge is -2.13. The number of hydrogen-bond acceptors (Lipinski definition) is 4. The number of carbonyl (C=O) groups is 1. The first-order valence-electron chi connectivity index (χ1n) is 7.69. The lowest BCUT2D eigenvalue weighted by atomic mass is 10.2. The SMILES string of the molecule is CCC(C(=O)Nc1ncn(Cc2ccc(F)cc2)n1)n1cc(Cl)cn1. The molecule has 1 amide bonds. The summed E-state index contributed by atoms with van der Waals surface area (Å²) in [6.45, 7) is 2.30. The molecule has 2 aromatic heterocycles. The van der Waals surface area contributed by atoms with Crippen LogP contribution in [-0.4, -0.2) is 30.5 Å². The van der Waals surface area contributed by atoms with E-state index >= 15 is 0 Å². The zero-order valence-electron chi connectivity index (χ0n) is 13.4. The number of amides is 1. The Bertz CT molecular complexity index is 860. The van der Waals surface area contributed by atoms with Gasteiger partial charge in [-0.15, -0.1) is 5.10 Å². The molecule has 9 heteroatoms. The molecule has 130 valence electrons. The Balaban J connectivity index is 1.65. The molecule has 25 heavy (non-hydrogen) atoms. The van der Waals surface area contributed by atoms with Crippen LogP contribution in [0.15, 0.2) is 43.0 Å². The average Bonchev–Trinajstić information content (AvgIpc) is 3.20. The highest BCUT2D eigenvalue weighted by Crippen LogP contribution is 2.16. The van der Waals surface area contributed by atoms with Crippen LogP contribution in [0.25, 0.3) is 0 Å². The lowest BCUT2D eigenvalue weighted by molar-refractivity contribution is -0.119. The summed E-state index contributed by atoms with van der Waals surface area (Å²) < 4.78 is 16.0. The van der Waals surface area contributed by atoms with E-state index < -0.39 is 6.04 Å². The van der Waals surface area contributed by atoms with E-state index in [2.05, 4.69) is 20.5 Å². The molecule has 1 unspecified atom stereocenters. The van der Waals surface area contributed by atoms with Crippen LogP contribution in [0.5, 0.6) is 0 Å². The molecule has 0 aliphatic heterocycles. The third kappa shape index (κ3) is 4.21. The van der Waals surface area contributed by atoms with Gasteiger partial charge in [0.05, 0.1) is 17.8 Å². The maximum absolute atomic E-state index is 12.9. The highest BCUT2D eigenvalue weighted by atomic mass is 35.5. The molecule has 0 aliphatic rings. The molecule has 0 aliphatic carbocycles. The first-order chi connectivity index (χ1) is 12.0. The summed E-state index contributed by atoms with van der Waals surface area (Å²) in [7, 11) is 0. The molecular weight excluding hydrogens is 347 g/mol. The molecule has 0 spiro atoms. The molecule has 2 heterocycles. The molecule has 7 nitrogen and oxygen atoms in total. The zero-order valence-corrected chi connectivity index (χ0v) is 14.2. The highest BCUT2D eigenvalue weighted by molar-refractivity contribution is 6.30. The van der Waals surface area contributed by atoms with Gasteiger partial charge in [-0.25, -0.2) is 14.1 Å². The second-order valence-electron chi connectivity index (χ2n) is 5.44. The standard InChI is InChI=1S/C16H16ClFN6O/c1-2-14(24-9-12(17)7-20-24)15(25)21-16-19-10-23(22-16)8-11-3-5-13(18)6-4-11/h3-7,9-10,14H,2,8H2,1H3,(H,21,22,25). The lowest BCUT2D eigenvalue weighted by Crippen LogP contribution is -2.26. The Labute approximate surface area is 148 Å². The summed E-state index contributed by atoms with van der Waals surface area (Å²) in [5.41, 5.74) is 0.877. The van der Waals surface area contributed by atoms with Crippen LogP contribution in [0.3, 0.4) is 0 Å². The number of benzene rings is 1. The van der Waals surface area contributed by atoms with Crippen molar-refractivity contribution in [3.63, 3.8) is 0 Å². The predicted molar refractivity (Wildman–Crippen MR) is 90.7 cm³/mol. The summed E-state index contributed by atoms with van der Waals surface area (Å²) in [6, 6.07) is 5.61. The predicted octanol–water partition coefficient (Wildman–Crippen LogP) is 2.91. The molecule has 1 aromatic carbocycles. The van der Waals surface area contributed by atoms with Crippen LogP contribution in [0.4, 0.5) is 10.3 Å². The van der Waals surface area contributed by atoms with Gasteiger partial charge < -0.3 is 0 Å². The Hall–Kier alpha value is -2.74. The van der Waals surface area contributed by atoms with E-state index in [1.807, 2.05) is 6.92 Å². The van der Waals surface area contributed by atoms with Crippen LogP contribution >= 0.6 is 11.6 Å². The van der Waals surface area contributed by atoms with E-state index in [4.69, 9.17) is 11.6 Å². The van der Waals surface area contributed by atoms with E-state index in [0.717, 1.165) is 5.56 Å². The van der Waals surface area contributed by atoms with Crippen molar-refractivity contribution in [2.24, 2.45) is 0 Å². The van der Waals surface area contributed by atoms with Gasteiger partial charge in [0.25, 0.3) is 5.91 Å². The minimum Gasteiger partial charge on any atom is -0.291 e. The first kappa shape index (κ1) is 17.1.